The summed E-state index contributed by atoms with van der Waals surface area (Å²) in [7, 11) is 1.13. The maximum Gasteiger partial charge on any atom is 0.417 e. The molecule has 126 valence electrons. The number of aromatic carboxylic acids is 1. The Bertz CT molecular complexity index is 667. The molecule has 0 aliphatic carbocycles. The van der Waals surface area contributed by atoms with Crippen LogP contribution in [-0.4, -0.2) is 29.9 Å². The molecule has 9 heteroatoms. The number of anilines is 1. The Morgan fingerprint density at radius 1 is 1.30 bits per heavy atom. The highest BCUT2D eigenvalue weighted by atomic mass is 19.4. The monoisotopic (exact) mass is 333 g/mol. The first-order valence-corrected chi connectivity index (χ1v) is 6.30. The van der Waals surface area contributed by atoms with Gasteiger partial charge in [-0.2, -0.15) is 13.2 Å². The Morgan fingerprint density at radius 3 is 2.26 bits per heavy atom. The predicted molar refractivity (Wildman–Crippen MR) is 73.6 cm³/mol. The lowest BCUT2D eigenvalue weighted by Crippen LogP contribution is -2.21. The van der Waals surface area contributed by atoms with Crippen molar-refractivity contribution in [2.75, 3.05) is 12.4 Å². The van der Waals surface area contributed by atoms with Gasteiger partial charge in [0.1, 0.15) is 11.5 Å². The summed E-state index contributed by atoms with van der Waals surface area (Å²) >= 11 is 0. The number of hydrogen-bond donors (Lipinski definition) is 2. The molecule has 0 unspecified atom stereocenters. The van der Waals surface area contributed by atoms with Crippen LogP contribution in [0.5, 0.6) is 5.75 Å². The molecule has 0 fully saturated rings. The van der Waals surface area contributed by atoms with E-state index in [1.54, 1.807) is 0 Å². The van der Waals surface area contributed by atoms with E-state index in [1.165, 1.54) is 6.92 Å². The maximum absolute atomic E-state index is 13.1. The van der Waals surface area contributed by atoms with Gasteiger partial charge in [0.15, 0.2) is 0 Å². The second-order valence-electron chi connectivity index (χ2n) is 4.75. The normalized spacial score (nSPS) is 11.0. The van der Waals surface area contributed by atoms with E-state index in [0.29, 0.717) is 6.07 Å². The van der Waals surface area contributed by atoms with Crippen molar-refractivity contribution in [2.24, 2.45) is 0 Å². The van der Waals surface area contributed by atoms with E-state index in [4.69, 9.17) is 9.84 Å². The molecule has 6 nitrogen and oxygen atoms in total. The number of carbonyl (C=O) groups is 3. The molecule has 0 aromatic heterocycles. The lowest BCUT2D eigenvalue weighted by Gasteiger charge is -2.19. The van der Waals surface area contributed by atoms with Gasteiger partial charge in [0, 0.05) is 0 Å². The van der Waals surface area contributed by atoms with E-state index in [-0.39, 0.29) is 11.3 Å². The van der Waals surface area contributed by atoms with E-state index in [1.807, 2.05) is 5.32 Å². The molecule has 0 saturated carbocycles. The molecule has 1 rings (SSSR count). The minimum atomic E-state index is -4.94. The molecule has 23 heavy (non-hydrogen) atoms. The summed E-state index contributed by atoms with van der Waals surface area (Å²) in [6.07, 6.45) is -5.54. The molecule has 0 aliphatic rings. The van der Waals surface area contributed by atoms with Crippen molar-refractivity contribution in [2.45, 2.75) is 26.4 Å². The molecule has 0 atom stereocenters. The number of amides is 1. The van der Waals surface area contributed by atoms with Crippen LogP contribution in [0, 0.1) is 6.92 Å². The van der Waals surface area contributed by atoms with Crippen LogP contribution in [-0.2, 0) is 15.8 Å². The predicted octanol–water partition coefficient (Wildman–Crippen LogP) is 2.64. The van der Waals surface area contributed by atoms with Crippen LogP contribution in [0.4, 0.5) is 18.9 Å². The molecule has 0 spiro atoms. The van der Waals surface area contributed by atoms with Gasteiger partial charge in [-0.05, 0) is 25.5 Å². The molecule has 0 radical (unpaired) electrons. The first-order chi connectivity index (χ1) is 10.5. The van der Waals surface area contributed by atoms with Gasteiger partial charge in [0.25, 0.3) is 0 Å². The molecule has 1 aromatic rings. The highest BCUT2D eigenvalue weighted by Crippen LogP contribution is 2.41. The van der Waals surface area contributed by atoms with E-state index in [0.717, 1.165) is 14.0 Å². The van der Waals surface area contributed by atoms with Crippen molar-refractivity contribution in [1.29, 1.82) is 0 Å². The highest BCUT2D eigenvalue weighted by molar-refractivity contribution is 6.08. The molecule has 0 heterocycles. The van der Waals surface area contributed by atoms with Gasteiger partial charge < -0.3 is 15.2 Å². The lowest BCUT2D eigenvalue weighted by molar-refractivity contribution is -0.138. The zero-order chi connectivity index (χ0) is 17.9. The molecular weight excluding hydrogens is 319 g/mol. The first kappa shape index (κ1) is 18.5. The number of ether oxygens (including phenoxy) is 1. The summed E-state index contributed by atoms with van der Waals surface area (Å²) in [4.78, 5) is 33.9. The summed E-state index contributed by atoms with van der Waals surface area (Å²) in [5.41, 5.74) is -3.19. The van der Waals surface area contributed by atoms with Crippen LogP contribution in [0.15, 0.2) is 6.07 Å². The minimum absolute atomic E-state index is 0.0112. The number of benzene rings is 1. The molecule has 0 saturated heterocycles. The van der Waals surface area contributed by atoms with Gasteiger partial charge in [-0.3, -0.25) is 9.59 Å². The second-order valence-corrected chi connectivity index (χ2v) is 4.75. The number of nitrogens with one attached hydrogen (secondary N) is 1. The number of carbonyl (C=O) groups excluding carboxylic acids is 2. The van der Waals surface area contributed by atoms with Gasteiger partial charge in [-0.25, -0.2) is 4.79 Å². The lowest BCUT2D eigenvalue weighted by atomic mass is 9.99. The average Bonchev–Trinajstić information content (AvgIpc) is 2.35. The summed E-state index contributed by atoms with van der Waals surface area (Å²) in [5.74, 6) is -3.56. The maximum atomic E-state index is 13.1. The second kappa shape index (κ2) is 6.67. The number of aryl methyl sites for hydroxylation is 1. The number of halogens is 3. The van der Waals surface area contributed by atoms with Gasteiger partial charge in [-0.15, -0.1) is 0 Å². The van der Waals surface area contributed by atoms with E-state index >= 15 is 0 Å². The topological polar surface area (TPSA) is 92.7 Å². The van der Waals surface area contributed by atoms with E-state index in [9.17, 15) is 27.6 Å². The number of carboxylic acid groups (broad SMARTS) is 1. The average molecular weight is 333 g/mol. The molecule has 0 bridgehead atoms. The van der Waals surface area contributed by atoms with E-state index < -0.39 is 47.1 Å². The van der Waals surface area contributed by atoms with Crippen LogP contribution in [0.2, 0.25) is 0 Å². The molecular formula is C14H14F3NO5. The Labute approximate surface area is 129 Å². The van der Waals surface area contributed by atoms with Crippen molar-refractivity contribution in [3.05, 3.63) is 22.8 Å². The summed E-state index contributed by atoms with van der Waals surface area (Å²) in [6, 6.07) is 0.628. The fourth-order valence-electron chi connectivity index (χ4n) is 2.04. The van der Waals surface area contributed by atoms with Crippen LogP contribution in [0.3, 0.4) is 0 Å². The number of Topliss-reactive ketones (excluding diaryl/α,β-unsaturated/α-hetero) is 1. The summed E-state index contributed by atoms with van der Waals surface area (Å²) in [5, 5.41) is 11.2. The zero-order valence-corrected chi connectivity index (χ0v) is 12.5. The smallest absolute Gasteiger partial charge is 0.417 e. The molecule has 0 aliphatic heterocycles. The molecule has 1 amide bonds. The van der Waals surface area contributed by atoms with Crippen LogP contribution in [0.1, 0.15) is 34.8 Å². The van der Waals surface area contributed by atoms with Crippen molar-refractivity contribution >= 4 is 23.3 Å². The third kappa shape index (κ3) is 4.21. The quantitative estimate of drug-likeness (QED) is 0.808. The minimum Gasteiger partial charge on any atom is -0.494 e. The first-order valence-electron chi connectivity index (χ1n) is 6.30. The van der Waals surface area contributed by atoms with Crippen LogP contribution < -0.4 is 10.1 Å². The van der Waals surface area contributed by atoms with Gasteiger partial charge in [0.05, 0.1) is 30.3 Å². The largest absolute Gasteiger partial charge is 0.494 e. The fourth-order valence-corrected chi connectivity index (χ4v) is 2.04. The van der Waals surface area contributed by atoms with Crippen molar-refractivity contribution in [3.8, 4) is 5.75 Å². The van der Waals surface area contributed by atoms with Crippen molar-refractivity contribution < 1.29 is 37.4 Å². The highest BCUT2D eigenvalue weighted by Gasteiger charge is 2.39. The number of alkyl halides is 3. The van der Waals surface area contributed by atoms with E-state index in [2.05, 4.69) is 0 Å². The number of methoxy groups -OCH3 is 1. The number of rotatable bonds is 5. The number of carboxylic acids is 1. The Balaban J connectivity index is 3.62. The van der Waals surface area contributed by atoms with Crippen LogP contribution in [0.25, 0.3) is 0 Å². The van der Waals surface area contributed by atoms with Crippen LogP contribution >= 0.6 is 0 Å². The SMILES string of the molecule is COc1c(C)cc(C(F)(F)F)c(C(=O)O)c1NC(=O)CC(C)=O. The third-order valence-corrected chi connectivity index (χ3v) is 2.86. The number of hydrogen-bond acceptors (Lipinski definition) is 4. The Kier molecular flexibility index (Phi) is 5.36. The third-order valence-electron chi connectivity index (χ3n) is 2.86. The van der Waals surface area contributed by atoms with Crippen molar-refractivity contribution in [1.82, 2.24) is 0 Å². The van der Waals surface area contributed by atoms with Gasteiger partial charge >= 0.3 is 12.1 Å². The Morgan fingerprint density at radius 2 is 1.87 bits per heavy atom. The summed E-state index contributed by atoms with van der Waals surface area (Å²) < 4.78 is 44.2. The Hall–Kier alpha value is -2.58. The summed E-state index contributed by atoms with van der Waals surface area (Å²) in [6.45, 7) is 2.40. The fraction of sp³-hybridized carbons (Fsp3) is 0.357. The van der Waals surface area contributed by atoms with Crippen molar-refractivity contribution in [3.63, 3.8) is 0 Å². The number of ketones is 1. The standard InChI is InChI=1S/C14H14F3NO5/c1-6-4-8(14(15,16)17)10(13(21)22)11(12(6)23-3)18-9(20)5-7(2)19/h4H,5H2,1-3H3,(H,18,20)(H,21,22). The molecule has 1 aromatic carbocycles. The van der Waals surface area contributed by atoms with Gasteiger partial charge in [0.2, 0.25) is 5.91 Å². The van der Waals surface area contributed by atoms with Gasteiger partial charge in [-0.1, -0.05) is 0 Å². The zero-order valence-electron chi connectivity index (χ0n) is 12.5. The molecule has 2 N–H and O–H groups in total.